The molecular weight excluding hydrogens is 354 g/mol. The molecule has 1 aromatic carbocycles. The molecule has 0 aliphatic carbocycles. The van der Waals surface area contributed by atoms with Gasteiger partial charge in [-0.1, -0.05) is 23.7 Å². The van der Waals surface area contributed by atoms with Crippen LogP contribution < -0.4 is 11.1 Å². The van der Waals surface area contributed by atoms with Gasteiger partial charge in [0.05, 0.1) is 17.0 Å². The first-order valence-electron chi connectivity index (χ1n) is 7.94. The van der Waals surface area contributed by atoms with Crippen LogP contribution in [0.15, 0.2) is 47.6 Å². The fourth-order valence-electron chi connectivity index (χ4n) is 2.75. The Kier molecular flexibility index (Phi) is 4.65. The van der Waals surface area contributed by atoms with Gasteiger partial charge in [-0.3, -0.25) is 14.5 Å². The number of nitrogens with zero attached hydrogens (tertiary/aromatic N) is 3. The first kappa shape index (κ1) is 17.9. The van der Waals surface area contributed by atoms with E-state index in [4.69, 9.17) is 17.3 Å². The number of aromatic nitrogens is 1. The smallest absolute Gasteiger partial charge is 0.275 e. The fourth-order valence-corrected chi connectivity index (χ4v) is 2.96. The zero-order chi connectivity index (χ0) is 18.9. The molecular formula is C18H18ClN5O2. The Morgan fingerprint density at radius 2 is 2.12 bits per heavy atom. The summed E-state index contributed by atoms with van der Waals surface area (Å²) < 4.78 is 0. The molecule has 26 heavy (non-hydrogen) atoms. The molecule has 1 aliphatic rings. The highest BCUT2D eigenvalue weighted by Gasteiger charge is 2.36. The van der Waals surface area contributed by atoms with Crippen LogP contribution in [0.3, 0.4) is 0 Å². The highest BCUT2D eigenvalue weighted by Crippen LogP contribution is 2.34. The average Bonchev–Trinajstić information content (AvgIpc) is 2.60. The molecule has 0 saturated heterocycles. The van der Waals surface area contributed by atoms with Gasteiger partial charge in [-0.05, 0) is 36.8 Å². The first-order valence-corrected chi connectivity index (χ1v) is 8.32. The molecule has 2 amide bonds. The van der Waals surface area contributed by atoms with E-state index in [0.29, 0.717) is 5.69 Å². The number of halogens is 1. The number of rotatable bonds is 3. The van der Waals surface area contributed by atoms with Crippen LogP contribution in [-0.2, 0) is 10.3 Å². The van der Waals surface area contributed by atoms with Crippen molar-refractivity contribution < 1.29 is 9.59 Å². The van der Waals surface area contributed by atoms with E-state index in [1.165, 1.54) is 11.1 Å². The third-order valence-electron chi connectivity index (χ3n) is 4.29. The fraction of sp³-hybridized carbons (Fsp3) is 0.222. The standard InChI is InChI=1S/C18H18ClN5O2/c1-18(10-14(25)24(2)17(20)23-18)11-5-3-6-12(9-11)22-16(26)15-13(19)7-4-8-21-15/h3-9H,10H2,1-2H3,(H2,20,23)(H,22,26)/t18-/m0/s1. The van der Waals surface area contributed by atoms with E-state index < -0.39 is 11.4 Å². The minimum absolute atomic E-state index is 0.116. The Morgan fingerprint density at radius 1 is 1.35 bits per heavy atom. The molecule has 1 atom stereocenters. The van der Waals surface area contributed by atoms with Gasteiger partial charge < -0.3 is 11.1 Å². The van der Waals surface area contributed by atoms with E-state index >= 15 is 0 Å². The van der Waals surface area contributed by atoms with Crippen molar-refractivity contribution in [3.63, 3.8) is 0 Å². The summed E-state index contributed by atoms with van der Waals surface area (Å²) in [6.07, 6.45) is 1.69. The number of guanidine groups is 1. The van der Waals surface area contributed by atoms with Gasteiger partial charge in [0.2, 0.25) is 5.91 Å². The van der Waals surface area contributed by atoms with Gasteiger partial charge in [0.15, 0.2) is 5.96 Å². The van der Waals surface area contributed by atoms with Crippen LogP contribution in [0.5, 0.6) is 0 Å². The van der Waals surface area contributed by atoms with Crippen molar-refractivity contribution >= 4 is 35.1 Å². The molecule has 7 nitrogen and oxygen atoms in total. The Labute approximate surface area is 155 Å². The number of nitrogens with two attached hydrogens (primary N) is 1. The van der Waals surface area contributed by atoms with Gasteiger partial charge in [0, 0.05) is 18.9 Å². The second-order valence-corrected chi connectivity index (χ2v) is 6.65. The van der Waals surface area contributed by atoms with Crippen molar-refractivity contribution in [3.8, 4) is 0 Å². The van der Waals surface area contributed by atoms with E-state index in [1.807, 2.05) is 13.0 Å². The number of hydrogen-bond donors (Lipinski definition) is 2. The summed E-state index contributed by atoms with van der Waals surface area (Å²) >= 11 is 6.01. The molecule has 3 N–H and O–H groups in total. The van der Waals surface area contributed by atoms with Crippen molar-refractivity contribution in [3.05, 3.63) is 58.9 Å². The van der Waals surface area contributed by atoms with Crippen molar-refractivity contribution in [1.82, 2.24) is 9.88 Å². The Balaban J connectivity index is 1.88. The third kappa shape index (κ3) is 3.39. The predicted molar refractivity (Wildman–Crippen MR) is 100 cm³/mol. The number of carbonyl (C=O) groups excluding carboxylic acids is 2. The lowest BCUT2D eigenvalue weighted by atomic mass is 9.87. The van der Waals surface area contributed by atoms with E-state index in [-0.39, 0.29) is 29.0 Å². The number of aliphatic imine (C=N–C) groups is 1. The number of anilines is 1. The number of benzene rings is 1. The number of pyridine rings is 1. The maximum atomic E-state index is 12.4. The normalized spacial score (nSPS) is 19.9. The van der Waals surface area contributed by atoms with Crippen molar-refractivity contribution in [2.24, 2.45) is 10.7 Å². The highest BCUT2D eigenvalue weighted by atomic mass is 35.5. The first-order chi connectivity index (χ1) is 12.3. The van der Waals surface area contributed by atoms with E-state index in [0.717, 1.165) is 5.56 Å². The molecule has 1 aromatic heterocycles. The molecule has 0 bridgehead atoms. The van der Waals surface area contributed by atoms with Crippen molar-refractivity contribution in [2.75, 3.05) is 12.4 Å². The zero-order valence-electron chi connectivity index (χ0n) is 14.4. The molecule has 0 saturated carbocycles. The lowest BCUT2D eigenvalue weighted by Crippen LogP contribution is -2.47. The van der Waals surface area contributed by atoms with Crippen molar-refractivity contribution in [2.45, 2.75) is 18.9 Å². The minimum Gasteiger partial charge on any atom is -0.369 e. The lowest BCUT2D eigenvalue weighted by molar-refractivity contribution is -0.128. The molecule has 1 aliphatic heterocycles. The molecule has 3 rings (SSSR count). The summed E-state index contributed by atoms with van der Waals surface area (Å²) in [6.45, 7) is 1.83. The summed E-state index contributed by atoms with van der Waals surface area (Å²) in [5.74, 6) is -0.367. The van der Waals surface area contributed by atoms with Gasteiger partial charge in [0.25, 0.3) is 5.91 Å². The van der Waals surface area contributed by atoms with Crippen LogP contribution in [0.2, 0.25) is 5.02 Å². The second kappa shape index (κ2) is 6.76. The number of carbonyl (C=O) groups is 2. The molecule has 0 unspecified atom stereocenters. The van der Waals surface area contributed by atoms with E-state index in [2.05, 4.69) is 15.3 Å². The predicted octanol–water partition coefficient (Wildman–Crippen LogP) is 2.38. The summed E-state index contributed by atoms with van der Waals surface area (Å²) in [7, 11) is 1.59. The lowest BCUT2D eigenvalue weighted by Gasteiger charge is -2.33. The SMILES string of the molecule is CN1C(=O)C[C@@](C)(c2cccc(NC(=O)c3ncccc3Cl)c2)N=C1N. The van der Waals surface area contributed by atoms with Gasteiger partial charge >= 0.3 is 0 Å². The van der Waals surface area contributed by atoms with Crippen molar-refractivity contribution in [1.29, 1.82) is 0 Å². The Bertz CT molecular complexity index is 914. The number of nitrogens with one attached hydrogen (secondary N) is 1. The summed E-state index contributed by atoms with van der Waals surface area (Å²) in [4.78, 5) is 34.3. The quantitative estimate of drug-likeness (QED) is 0.864. The third-order valence-corrected chi connectivity index (χ3v) is 4.60. The van der Waals surface area contributed by atoms with Gasteiger partial charge in [0.1, 0.15) is 5.69 Å². The Hall–Kier alpha value is -2.93. The van der Waals surface area contributed by atoms with Crippen LogP contribution in [0, 0.1) is 0 Å². The number of amides is 2. The molecule has 8 heteroatoms. The Morgan fingerprint density at radius 3 is 2.81 bits per heavy atom. The molecule has 0 radical (unpaired) electrons. The van der Waals surface area contributed by atoms with E-state index in [9.17, 15) is 9.59 Å². The maximum Gasteiger partial charge on any atom is 0.275 e. The van der Waals surface area contributed by atoms with E-state index in [1.54, 1.807) is 37.4 Å². The van der Waals surface area contributed by atoms with Gasteiger partial charge in [-0.2, -0.15) is 0 Å². The number of hydrogen-bond acceptors (Lipinski definition) is 5. The minimum atomic E-state index is -0.795. The summed E-state index contributed by atoms with van der Waals surface area (Å²) in [6, 6.07) is 10.4. The highest BCUT2D eigenvalue weighted by molar-refractivity contribution is 6.34. The second-order valence-electron chi connectivity index (χ2n) is 6.24. The van der Waals surface area contributed by atoms with Crippen LogP contribution in [0.1, 0.15) is 29.4 Å². The summed E-state index contributed by atoms with van der Waals surface area (Å²) in [5, 5.41) is 3.04. The van der Waals surface area contributed by atoms with Crippen LogP contribution in [0.4, 0.5) is 5.69 Å². The maximum absolute atomic E-state index is 12.4. The zero-order valence-corrected chi connectivity index (χ0v) is 15.1. The molecule has 134 valence electrons. The average molecular weight is 372 g/mol. The molecule has 2 aromatic rings. The topological polar surface area (TPSA) is 101 Å². The van der Waals surface area contributed by atoms with Gasteiger partial charge in [-0.15, -0.1) is 0 Å². The molecule has 2 heterocycles. The molecule has 0 spiro atoms. The van der Waals surface area contributed by atoms with Crippen LogP contribution in [-0.4, -0.2) is 34.7 Å². The van der Waals surface area contributed by atoms with Crippen LogP contribution in [0.25, 0.3) is 0 Å². The van der Waals surface area contributed by atoms with Gasteiger partial charge in [-0.25, -0.2) is 9.98 Å². The largest absolute Gasteiger partial charge is 0.369 e. The van der Waals surface area contributed by atoms with Crippen LogP contribution >= 0.6 is 11.6 Å². The summed E-state index contributed by atoms with van der Waals surface area (Å²) in [5.41, 5.74) is 6.52. The monoisotopic (exact) mass is 371 g/mol. The molecule has 0 fully saturated rings.